The van der Waals surface area contributed by atoms with Gasteiger partial charge in [0.2, 0.25) is 0 Å². The number of likely N-dealkylation sites (tertiary alicyclic amines) is 1. The molecule has 1 aliphatic rings. The number of hydrogen-bond donors (Lipinski definition) is 1. The molecule has 0 radical (unpaired) electrons. The van der Waals surface area contributed by atoms with E-state index in [1.165, 1.54) is 5.56 Å². The largest absolute Gasteiger partial charge is 0.497 e. The molecule has 2 atom stereocenters. The first-order valence-corrected chi connectivity index (χ1v) is 9.80. The Bertz CT molecular complexity index is 875. The number of rotatable bonds is 5. The first-order valence-electron chi connectivity index (χ1n) is 9.80. The highest BCUT2D eigenvalue weighted by Gasteiger charge is 2.38. The number of benzene rings is 1. The summed E-state index contributed by atoms with van der Waals surface area (Å²) in [5.74, 6) is -1.59. The Balaban J connectivity index is 0.000000451. The number of nitrogens with zero attached hydrogens (tertiary/aromatic N) is 2. The first-order chi connectivity index (χ1) is 15.2. The molecule has 1 aliphatic heterocycles. The van der Waals surface area contributed by atoms with Crippen molar-refractivity contribution in [1.82, 2.24) is 9.88 Å². The molecular formula is C22H25F3N2O5. The Hall–Kier alpha value is -3.14. The van der Waals surface area contributed by atoms with Gasteiger partial charge in [-0.25, -0.2) is 4.79 Å². The molecule has 174 valence electrons. The summed E-state index contributed by atoms with van der Waals surface area (Å²) < 4.78 is 42.6. The fraction of sp³-hybridized carbons (Fsp3) is 0.409. The van der Waals surface area contributed by atoms with Crippen molar-refractivity contribution >= 4 is 11.9 Å². The Kier molecular flexibility index (Phi) is 9.01. The summed E-state index contributed by atoms with van der Waals surface area (Å²) in [5, 5.41) is 7.12. The number of carboxylic acids is 1. The topological polar surface area (TPSA) is 89.0 Å². The number of amides is 1. The minimum Gasteiger partial charge on any atom is -0.497 e. The second kappa shape index (κ2) is 11.5. The molecule has 7 nitrogen and oxygen atoms in total. The first kappa shape index (κ1) is 25.1. The van der Waals surface area contributed by atoms with Gasteiger partial charge in [0.1, 0.15) is 5.75 Å². The maximum Gasteiger partial charge on any atom is 0.490 e. The zero-order valence-electron chi connectivity index (χ0n) is 17.7. The fourth-order valence-electron chi connectivity index (χ4n) is 3.44. The Morgan fingerprint density at radius 3 is 2.34 bits per heavy atom. The van der Waals surface area contributed by atoms with Crippen LogP contribution in [0.3, 0.4) is 0 Å². The summed E-state index contributed by atoms with van der Waals surface area (Å²) in [6, 6.07) is 11.7. The molecule has 0 saturated carbocycles. The molecule has 1 aromatic heterocycles. The van der Waals surface area contributed by atoms with Crippen molar-refractivity contribution in [2.24, 2.45) is 5.92 Å². The average Bonchev–Trinajstić information content (AvgIpc) is 2.79. The smallest absolute Gasteiger partial charge is 0.490 e. The van der Waals surface area contributed by atoms with E-state index in [0.29, 0.717) is 18.7 Å². The van der Waals surface area contributed by atoms with Gasteiger partial charge in [-0.05, 0) is 42.7 Å². The van der Waals surface area contributed by atoms with Crippen LogP contribution in [-0.4, -0.2) is 66.5 Å². The van der Waals surface area contributed by atoms with Crippen molar-refractivity contribution < 1.29 is 37.3 Å². The van der Waals surface area contributed by atoms with E-state index < -0.39 is 12.1 Å². The molecule has 2 aromatic rings. The van der Waals surface area contributed by atoms with E-state index in [0.717, 1.165) is 18.6 Å². The Labute approximate surface area is 183 Å². The van der Waals surface area contributed by atoms with Gasteiger partial charge < -0.3 is 19.5 Å². The van der Waals surface area contributed by atoms with Crippen LogP contribution in [-0.2, 0) is 16.0 Å². The molecule has 1 saturated heterocycles. The summed E-state index contributed by atoms with van der Waals surface area (Å²) >= 11 is 0. The highest BCUT2D eigenvalue weighted by Crippen LogP contribution is 2.25. The van der Waals surface area contributed by atoms with Gasteiger partial charge in [0.15, 0.2) is 0 Å². The molecule has 0 unspecified atom stereocenters. The minimum atomic E-state index is -5.08. The fourth-order valence-corrected chi connectivity index (χ4v) is 3.44. The van der Waals surface area contributed by atoms with Crippen molar-refractivity contribution in [3.8, 4) is 5.75 Å². The molecule has 32 heavy (non-hydrogen) atoms. The van der Waals surface area contributed by atoms with Gasteiger partial charge in [-0.1, -0.05) is 12.1 Å². The van der Waals surface area contributed by atoms with Crippen LogP contribution < -0.4 is 4.74 Å². The van der Waals surface area contributed by atoms with Crippen LogP contribution in [0.5, 0.6) is 5.75 Å². The van der Waals surface area contributed by atoms with E-state index in [9.17, 15) is 18.0 Å². The number of aromatic nitrogens is 1. The van der Waals surface area contributed by atoms with E-state index in [1.54, 1.807) is 32.7 Å². The third-order valence-electron chi connectivity index (χ3n) is 5.06. The molecule has 0 bridgehead atoms. The summed E-state index contributed by atoms with van der Waals surface area (Å²) in [7, 11) is 3.42. The standard InChI is InChI=1S/C20H24N2O3.C2HF3O2/c1-24-18-7-5-15(6-8-18)12-17-14-22(11-9-19(17)25-2)20(23)16-4-3-10-21-13-16;3-2(4,5)1(6)7/h3-8,10,13,17,19H,9,11-12,14H2,1-2H3;(H,6,7)/t17-,19+;/m0./s1. The van der Waals surface area contributed by atoms with Crippen LogP contribution >= 0.6 is 0 Å². The van der Waals surface area contributed by atoms with Crippen LogP contribution in [0.4, 0.5) is 13.2 Å². The van der Waals surface area contributed by atoms with Gasteiger partial charge in [-0.2, -0.15) is 13.2 Å². The summed E-state index contributed by atoms with van der Waals surface area (Å²) in [6.07, 6.45) is 0.117. The molecule has 1 amide bonds. The molecule has 0 aliphatic carbocycles. The van der Waals surface area contributed by atoms with E-state index in [2.05, 4.69) is 17.1 Å². The summed E-state index contributed by atoms with van der Waals surface area (Å²) in [4.78, 5) is 27.6. The number of ether oxygens (including phenoxy) is 2. The average molecular weight is 454 g/mol. The molecular weight excluding hydrogens is 429 g/mol. The van der Waals surface area contributed by atoms with E-state index >= 15 is 0 Å². The Morgan fingerprint density at radius 1 is 1.19 bits per heavy atom. The lowest BCUT2D eigenvalue weighted by Crippen LogP contribution is -2.47. The van der Waals surface area contributed by atoms with Crippen LogP contribution in [0.2, 0.25) is 0 Å². The van der Waals surface area contributed by atoms with Crippen molar-refractivity contribution in [2.45, 2.75) is 25.1 Å². The third-order valence-corrected chi connectivity index (χ3v) is 5.06. The maximum atomic E-state index is 12.7. The highest BCUT2D eigenvalue weighted by atomic mass is 19.4. The minimum absolute atomic E-state index is 0.0439. The van der Waals surface area contributed by atoms with Crippen molar-refractivity contribution in [3.63, 3.8) is 0 Å². The SMILES string of the molecule is COc1ccc(C[C@H]2CN(C(=O)c3cccnc3)CC[C@H]2OC)cc1.O=C(O)C(F)(F)F. The Morgan fingerprint density at radius 2 is 1.84 bits per heavy atom. The molecule has 1 aromatic carbocycles. The number of carbonyl (C=O) groups excluding carboxylic acids is 1. The number of methoxy groups -OCH3 is 2. The maximum absolute atomic E-state index is 12.7. The quantitative estimate of drug-likeness (QED) is 0.745. The van der Waals surface area contributed by atoms with Gasteiger partial charge in [0.05, 0.1) is 18.8 Å². The lowest BCUT2D eigenvalue weighted by Gasteiger charge is -2.38. The van der Waals surface area contributed by atoms with Gasteiger partial charge in [0, 0.05) is 38.5 Å². The third kappa shape index (κ3) is 7.23. The molecule has 0 spiro atoms. The summed E-state index contributed by atoms with van der Waals surface area (Å²) in [6.45, 7) is 1.41. The van der Waals surface area contributed by atoms with E-state index in [4.69, 9.17) is 19.4 Å². The second-order valence-electron chi connectivity index (χ2n) is 7.17. The van der Waals surface area contributed by atoms with Crippen LogP contribution in [0.1, 0.15) is 22.3 Å². The van der Waals surface area contributed by atoms with Gasteiger partial charge in [-0.15, -0.1) is 0 Å². The predicted molar refractivity (Wildman–Crippen MR) is 109 cm³/mol. The predicted octanol–water partition coefficient (Wildman–Crippen LogP) is 3.44. The van der Waals surface area contributed by atoms with Gasteiger partial charge >= 0.3 is 12.1 Å². The lowest BCUT2D eigenvalue weighted by atomic mass is 9.88. The number of carboxylic acid groups (broad SMARTS) is 1. The van der Waals surface area contributed by atoms with E-state index in [-0.39, 0.29) is 17.9 Å². The highest BCUT2D eigenvalue weighted by molar-refractivity contribution is 5.93. The summed E-state index contributed by atoms with van der Waals surface area (Å²) in [5.41, 5.74) is 1.87. The van der Waals surface area contributed by atoms with Crippen LogP contribution in [0, 0.1) is 5.92 Å². The number of hydrogen-bond acceptors (Lipinski definition) is 5. The number of carbonyl (C=O) groups is 2. The van der Waals surface area contributed by atoms with Crippen LogP contribution in [0.25, 0.3) is 0 Å². The number of halogens is 3. The van der Waals surface area contributed by atoms with Crippen molar-refractivity contribution in [2.75, 3.05) is 27.3 Å². The zero-order valence-corrected chi connectivity index (χ0v) is 17.7. The molecule has 3 rings (SSSR count). The van der Waals surface area contributed by atoms with Crippen LogP contribution in [0.15, 0.2) is 48.8 Å². The molecule has 1 N–H and O–H groups in total. The monoisotopic (exact) mass is 454 g/mol. The van der Waals surface area contributed by atoms with Crippen molar-refractivity contribution in [3.05, 3.63) is 59.9 Å². The second-order valence-corrected chi connectivity index (χ2v) is 7.17. The number of alkyl halides is 3. The van der Waals surface area contributed by atoms with Gasteiger partial charge in [0.25, 0.3) is 5.91 Å². The van der Waals surface area contributed by atoms with Gasteiger partial charge in [-0.3, -0.25) is 9.78 Å². The number of aliphatic carboxylic acids is 1. The van der Waals surface area contributed by atoms with E-state index in [1.807, 2.05) is 23.1 Å². The number of piperidine rings is 1. The lowest BCUT2D eigenvalue weighted by molar-refractivity contribution is -0.192. The normalized spacial score (nSPS) is 18.3. The number of pyridine rings is 1. The zero-order chi connectivity index (χ0) is 23.7. The molecule has 2 heterocycles. The molecule has 1 fully saturated rings. The van der Waals surface area contributed by atoms with Crippen molar-refractivity contribution in [1.29, 1.82) is 0 Å². The molecule has 10 heteroatoms.